The molecule has 16 heteroatoms. The van der Waals surface area contributed by atoms with Crippen LogP contribution in [-0.4, -0.2) is 92.7 Å². The molecule has 3 aliphatic rings. The van der Waals surface area contributed by atoms with Gasteiger partial charge < -0.3 is 43.3 Å². The van der Waals surface area contributed by atoms with Gasteiger partial charge in [-0.25, -0.2) is 15.0 Å². The van der Waals surface area contributed by atoms with Gasteiger partial charge >= 0.3 is 6.36 Å². The second kappa shape index (κ2) is 15.0. The van der Waals surface area contributed by atoms with Crippen molar-refractivity contribution in [2.75, 3.05) is 26.1 Å². The molecule has 13 nitrogen and oxygen atoms in total. The number of anilines is 1. The lowest BCUT2D eigenvalue weighted by Crippen LogP contribution is -2.52. The van der Waals surface area contributed by atoms with E-state index in [9.17, 15) is 13.2 Å². The molecule has 0 spiro atoms. The van der Waals surface area contributed by atoms with E-state index in [1.807, 2.05) is 48.9 Å². The fourth-order valence-corrected chi connectivity index (χ4v) is 8.42. The Morgan fingerprint density at radius 3 is 2.55 bits per heavy atom. The number of imidazole rings is 1. The molecular weight excluding hydrogens is 731 g/mol. The number of hydrogen-bond acceptors (Lipinski definition) is 11. The quantitative estimate of drug-likeness (QED) is 0.117. The predicted molar refractivity (Wildman–Crippen MR) is 202 cm³/mol. The molecule has 8 rings (SSSR count). The molecule has 5 aromatic rings. The van der Waals surface area contributed by atoms with Gasteiger partial charge in [0.2, 0.25) is 0 Å². The van der Waals surface area contributed by atoms with E-state index in [0.717, 1.165) is 53.2 Å². The molecule has 56 heavy (non-hydrogen) atoms. The average molecular weight is 780 g/mol. The predicted octanol–water partition coefficient (Wildman–Crippen LogP) is 7.37. The second-order valence-electron chi connectivity index (χ2n) is 15.6. The number of alkyl halides is 3. The first-order valence-corrected chi connectivity index (χ1v) is 19.0. The number of aromatic amines is 1. The van der Waals surface area contributed by atoms with E-state index in [1.165, 1.54) is 12.1 Å². The molecule has 5 heterocycles. The zero-order valence-electron chi connectivity index (χ0n) is 32.3. The topological polar surface area (TPSA) is 130 Å². The Labute approximate surface area is 322 Å². The van der Waals surface area contributed by atoms with Crippen molar-refractivity contribution < 1.29 is 41.6 Å². The summed E-state index contributed by atoms with van der Waals surface area (Å²) in [7, 11) is 3.26. The van der Waals surface area contributed by atoms with Crippen LogP contribution in [0, 0.1) is 5.92 Å². The number of benzene rings is 2. The van der Waals surface area contributed by atoms with Crippen LogP contribution >= 0.6 is 0 Å². The van der Waals surface area contributed by atoms with Gasteiger partial charge in [0.05, 0.1) is 30.6 Å². The lowest BCUT2D eigenvalue weighted by atomic mass is 9.76. The third-order valence-electron chi connectivity index (χ3n) is 11.1. The Kier molecular flexibility index (Phi) is 10.3. The smallest absolute Gasteiger partial charge is 0.497 e. The summed E-state index contributed by atoms with van der Waals surface area (Å²) in [5.41, 5.74) is 2.83. The summed E-state index contributed by atoms with van der Waals surface area (Å²) >= 11 is 0. The Morgan fingerprint density at radius 1 is 1.02 bits per heavy atom. The third kappa shape index (κ3) is 7.84. The van der Waals surface area contributed by atoms with Crippen molar-refractivity contribution in [1.29, 1.82) is 0 Å². The van der Waals surface area contributed by atoms with Gasteiger partial charge in [-0.1, -0.05) is 0 Å². The molecular formula is C40H48F3N7O6. The number of fused-ring (bicyclic) bond motifs is 3. The number of nitrogens with one attached hydrogen (secondary N) is 2. The van der Waals surface area contributed by atoms with E-state index in [2.05, 4.69) is 48.7 Å². The molecule has 0 unspecified atom stereocenters. The van der Waals surface area contributed by atoms with E-state index < -0.39 is 18.4 Å². The lowest BCUT2D eigenvalue weighted by molar-refractivity contribution is -0.274. The first kappa shape index (κ1) is 38.2. The van der Waals surface area contributed by atoms with E-state index in [4.69, 9.17) is 23.7 Å². The Bertz CT molecular complexity index is 2170. The van der Waals surface area contributed by atoms with Gasteiger partial charge in [0.25, 0.3) is 0 Å². The number of rotatable bonds is 14. The maximum atomic E-state index is 12.7. The van der Waals surface area contributed by atoms with Gasteiger partial charge in [-0.15, -0.1) is 13.2 Å². The van der Waals surface area contributed by atoms with Crippen molar-refractivity contribution in [3.05, 3.63) is 66.4 Å². The fourth-order valence-electron chi connectivity index (χ4n) is 8.42. The highest BCUT2D eigenvalue weighted by molar-refractivity contribution is 5.87. The molecule has 1 saturated carbocycles. The minimum atomic E-state index is -4.75. The SMILES string of the molecule is COc1ccc(CNc2ncnc3c2ccn3[C@@H]2O[C@H](CN(C(C)C)C3CC(CCc4nc5cc(OC(F)(F)F)ccc5[nH]4)C3)[C@H]3OC(C)(C)O[C@H]32)c(OC)c1. The minimum absolute atomic E-state index is 0.241. The molecule has 2 N–H and O–H groups in total. The van der Waals surface area contributed by atoms with E-state index in [-0.39, 0.29) is 30.1 Å². The largest absolute Gasteiger partial charge is 0.573 e. The summed E-state index contributed by atoms with van der Waals surface area (Å²) in [6, 6.07) is 12.6. The van der Waals surface area contributed by atoms with Gasteiger partial charge in [0.1, 0.15) is 59.2 Å². The molecule has 2 aromatic carbocycles. The van der Waals surface area contributed by atoms with E-state index in [1.54, 1.807) is 26.6 Å². The maximum Gasteiger partial charge on any atom is 0.573 e. The van der Waals surface area contributed by atoms with Crippen molar-refractivity contribution in [2.45, 2.75) is 109 Å². The molecule has 0 bridgehead atoms. The van der Waals surface area contributed by atoms with Crippen LogP contribution in [0.25, 0.3) is 22.1 Å². The van der Waals surface area contributed by atoms with Crippen LogP contribution in [0.15, 0.2) is 55.0 Å². The molecule has 0 amide bonds. The number of nitrogens with zero attached hydrogens (tertiary/aromatic N) is 5. The van der Waals surface area contributed by atoms with Crippen molar-refractivity contribution in [2.24, 2.45) is 5.92 Å². The van der Waals surface area contributed by atoms with Gasteiger partial charge in [-0.05, 0) is 83.2 Å². The summed E-state index contributed by atoms with van der Waals surface area (Å²) in [4.78, 5) is 19.5. The van der Waals surface area contributed by atoms with E-state index in [0.29, 0.717) is 48.3 Å². The highest BCUT2D eigenvalue weighted by Crippen LogP contribution is 2.46. The van der Waals surface area contributed by atoms with Crippen molar-refractivity contribution in [1.82, 2.24) is 29.4 Å². The van der Waals surface area contributed by atoms with E-state index >= 15 is 0 Å². The molecule has 0 radical (unpaired) electrons. The van der Waals surface area contributed by atoms with Gasteiger partial charge in [0, 0.05) is 55.5 Å². The molecule has 3 fully saturated rings. The van der Waals surface area contributed by atoms with Crippen LogP contribution in [0.1, 0.15) is 64.6 Å². The molecule has 2 aliphatic heterocycles. The molecule has 300 valence electrons. The number of aromatic nitrogens is 5. The number of halogens is 3. The van der Waals surface area contributed by atoms with Crippen LogP contribution < -0.4 is 19.5 Å². The molecule has 4 atom stereocenters. The molecule has 1 aliphatic carbocycles. The Morgan fingerprint density at radius 2 is 1.80 bits per heavy atom. The maximum absolute atomic E-state index is 12.7. The third-order valence-corrected chi connectivity index (χ3v) is 11.1. The Balaban J connectivity index is 0.922. The Hall–Kier alpha value is -4.64. The summed E-state index contributed by atoms with van der Waals surface area (Å²) < 4.78 is 75.0. The number of H-pyrrole nitrogens is 1. The standard InChI is InChI=1S/C40H48F3N7O6/c1-22(2)50(25-15-23(16-25)7-12-33-47-29-11-10-27(17-30(29)48-33)54-40(41,42)43)20-32-34-35(56-39(3,4)55-34)38(53-32)49-14-13-28-36(45-21-46-37(28)49)44-19-24-8-9-26(51-5)18-31(24)52-6/h8-11,13-14,17-18,21-23,25,32,34-35,38H,7,12,15-16,19-20H2,1-6H3,(H,47,48)(H,44,45,46)/t23?,25?,32-,34-,35-,38-/m1/s1. The highest BCUT2D eigenvalue weighted by atomic mass is 19.4. The first-order valence-electron chi connectivity index (χ1n) is 19.0. The van der Waals surface area contributed by atoms with Crippen LogP contribution in [-0.2, 0) is 27.2 Å². The van der Waals surface area contributed by atoms with Gasteiger partial charge in [-0.3, -0.25) is 4.90 Å². The minimum Gasteiger partial charge on any atom is -0.497 e. The summed E-state index contributed by atoms with van der Waals surface area (Å²) in [5, 5.41) is 4.31. The normalized spacial score (nSPS) is 24.6. The van der Waals surface area contributed by atoms with Crippen LogP contribution in [0.5, 0.6) is 17.2 Å². The monoisotopic (exact) mass is 779 g/mol. The fraction of sp³-hybridized carbons (Fsp3) is 0.525. The number of ether oxygens (including phenoxy) is 6. The van der Waals surface area contributed by atoms with Crippen molar-refractivity contribution in [3.63, 3.8) is 0 Å². The average Bonchev–Trinajstić information content (AvgIpc) is 3.90. The highest BCUT2D eigenvalue weighted by Gasteiger charge is 2.56. The van der Waals surface area contributed by atoms with Crippen molar-refractivity contribution >= 4 is 27.9 Å². The van der Waals surface area contributed by atoms with Crippen LogP contribution in [0.4, 0.5) is 19.0 Å². The van der Waals surface area contributed by atoms with Crippen LogP contribution in [0.2, 0.25) is 0 Å². The number of aryl methyl sites for hydroxylation is 1. The number of hydrogen-bond donors (Lipinski definition) is 2. The van der Waals surface area contributed by atoms with Crippen LogP contribution in [0.3, 0.4) is 0 Å². The second-order valence-corrected chi connectivity index (χ2v) is 15.6. The first-order chi connectivity index (χ1) is 26.8. The van der Waals surface area contributed by atoms with Gasteiger partial charge in [-0.2, -0.15) is 0 Å². The summed E-state index contributed by atoms with van der Waals surface area (Å²) in [6.45, 7) is 9.48. The number of methoxy groups -OCH3 is 2. The zero-order chi connectivity index (χ0) is 39.4. The lowest BCUT2D eigenvalue weighted by Gasteiger charge is -2.46. The summed E-state index contributed by atoms with van der Waals surface area (Å²) in [5.74, 6) is 2.35. The molecule has 3 aromatic heterocycles. The van der Waals surface area contributed by atoms with Gasteiger partial charge in [0.15, 0.2) is 12.0 Å². The zero-order valence-corrected chi connectivity index (χ0v) is 32.3. The summed E-state index contributed by atoms with van der Waals surface area (Å²) in [6.07, 6.45) is 1.17. The molecule has 2 saturated heterocycles. The van der Waals surface area contributed by atoms with Crippen molar-refractivity contribution in [3.8, 4) is 17.2 Å².